The molecule has 0 aromatic carbocycles. The molecule has 1 aliphatic rings. The highest BCUT2D eigenvalue weighted by Crippen LogP contribution is 2.30. The third kappa shape index (κ3) is 7.36. The molecule has 0 heterocycles. The summed E-state index contributed by atoms with van der Waals surface area (Å²) in [4.78, 5) is 0. The topological polar surface area (TPSA) is 73.9 Å². The van der Waals surface area contributed by atoms with E-state index in [2.05, 4.69) is 20.8 Å². The third-order valence-electron chi connectivity index (χ3n) is 4.75. The van der Waals surface area contributed by atoms with Crippen molar-refractivity contribution in [2.75, 3.05) is 26.4 Å². The Morgan fingerprint density at radius 1 is 0.875 bits per heavy atom. The number of ether oxygens (including phenoxy) is 3. The summed E-state index contributed by atoms with van der Waals surface area (Å²) in [6.45, 7) is 9.19. The van der Waals surface area contributed by atoms with Crippen LogP contribution in [0, 0.1) is 5.92 Å². The molecule has 3 N–H and O–H groups in total. The zero-order valence-electron chi connectivity index (χ0n) is 15.9. The standard InChI is InChI=1S/C19H39NO4/c1-4-7-10-22-14-15-13-16(21)17(20)19(24-12-9-6-3)18(15)23-11-8-5-2/h15-19,21H,4-14,20H2,1-3H3/t15-,16+,17+,18-,19-/m1/s1. The Morgan fingerprint density at radius 2 is 1.42 bits per heavy atom. The molecule has 0 radical (unpaired) electrons. The van der Waals surface area contributed by atoms with Crippen LogP contribution in [-0.2, 0) is 14.2 Å². The van der Waals surface area contributed by atoms with Gasteiger partial charge in [-0.1, -0.05) is 40.0 Å². The van der Waals surface area contributed by atoms with Crippen LogP contribution < -0.4 is 5.73 Å². The minimum atomic E-state index is -0.553. The van der Waals surface area contributed by atoms with Crippen LogP contribution in [-0.4, -0.2) is 55.9 Å². The fourth-order valence-corrected chi connectivity index (χ4v) is 3.12. The number of aliphatic hydroxyl groups is 1. The predicted octanol–water partition coefficient (Wildman–Crippen LogP) is 2.88. The average Bonchev–Trinajstić information content (AvgIpc) is 2.58. The normalized spacial score (nSPS) is 30.6. The van der Waals surface area contributed by atoms with E-state index in [-0.39, 0.29) is 24.2 Å². The van der Waals surface area contributed by atoms with Crippen molar-refractivity contribution in [2.45, 2.75) is 90.1 Å². The number of hydrogen-bond donors (Lipinski definition) is 2. The van der Waals surface area contributed by atoms with Crippen LogP contribution in [0.4, 0.5) is 0 Å². The van der Waals surface area contributed by atoms with Gasteiger partial charge in [-0.2, -0.15) is 0 Å². The summed E-state index contributed by atoms with van der Waals surface area (Å²) in [5, 5.41) is 10.4. The van der Waals surface area contributed by atoms with Gasteiger partial charge in [0.15, 0.2) is 0 Å². The Kier molecular flexibility index (Phi) is 11.9. The first kappa shape index (κ1) is 21.8. The van der Waals surface area contributed by atoms with Crippen molar-refractivity contribution in [2.24, 2.45) is 11.7 Å². The van der Waals surface area contributed by atoms with Gasteiger partial charge in [0.2, 0.25) is 0 Å². The zero-order chi connectivity index (χ0) is 17.8. The van der Waals surface area contributed by atoms with E-state index in [0.717, 1.165) is 45.1 Å². The molecule has 1 saturated carbocycles. The van der Waals surface area contributed by atoms with Gasteiger partial charge in [0.05, 0.1) is 24.9 Å². The van der Waals surface area contributed by atoms with Crippen LogP contribution in [0.2, 0.25) is 0 Å². The molecule has 1 rings (SSSR count). The van der Waals surface area contributed by atoms with E-state index in [9.17, 15) is 5.11 Å². The fourth-order valence-electron chi connectivity index (χ4n) is 3.12. The van der Waals surface area contributed by atoms with E-state index in [4.69, 9.17) is 19.9 Å². The quantitative estimate of drug-likeness (QED) is 0.502. The number of aliphatic hydroxyl groups excluding tert-OH is 1. The second-order valence-corrected chi connectivity index (χ2v) is 6.95. The molecular weight excluding hydrogens is 306 g/mol. The number of unbranched alkanes of at least 4 members (excludes halogenated alkanes) is 3. The van der Waals surface area contributed by atoms with Gasteiger partial charge in [-0.05, 0) is 25.7 Å². The maximum Gasteiger partial charge on any atom is 0.102 e. The molecule has 5 heteroatoms. The summed E-state index contributed by atoms with van der Waals surface area (Å²) < 4.78 is 18.0. The molecule has 5 atom stereocenters. The van der Waals surface area contributed by atoms with Crippen molar-refractivity contribution in [3.8, 4) is 0 Å². The first-order chi connectivity index (χ1) is 11.7. The lowest BCUT2D eigenvalue weighted by molar-refractivity contribution is -0.161. The summed E-state index contributed by atoms with van der Waals surface area (Å²) >= 11 is 0. The molecule has 24 heavy (non-hydrogen) atoms. The number of nitrogens with two attached hydrogens (primary N) is 1. The third-order valence-corrected chi connectivity index (χ3v) is 4.75. The Balaban J connectivity index is 2.68. The summed E-state index contributed by atoms with van der Waals surface area (Å²) in [6.07, 6.45) is 6.11. The maximum atomic E-state index is 10.4. The van der Waals surface area contributed by atoms with Crippen LogP contribution in [0.5, 0.6) is 0 Å². The summed E-state index contributed by atoms with van der Waals surface area (Å²) in [5.74, 6) is 0.139. The minimum Gasteiger partial charge on any atom is -0.391 e. The molecule has 0 saturated heterocycles. The predicted molar refractivity (Wildman–Crippen MR) is 97.1 cm³/mol. The van der Waals surface area contributed by atoms with E-state index in [1.54, 1.807) is 0 Å². The van der Waals surface area contributed by atoms with Gasteiger partial charge >= 0.3 is 0 Å². The van der Waals surface area contributed by atoms with E-state index in [0.29, 0.717) is 26.2 Å². The van der Waals surface area contributed by atoms with Gasteiger partial charge in [0, 0.05) is 25.7 Å². The molecule has 144 valence electrons. The second-order valence-electron chi connectivity index (χ2n) is 6.95. The first-order valence-electron chi connectivity index (χ1n) is 9.90. The summed E-state index contributed by atoms with van der Waals surface area (Å²) in [7, 11) is 0. The monoisotopic (exact) mass is 345 g/mol. The molecule has 0 aromatic rings. The molecular formula is C19H39NO4. The highest BCUT2D eigenvalue weighted by atomic mass is 16.5. The van der Waals surface area contributed by atoms with Crippen LogP contribution in [0.1, 0.15) is 65.7 Å². The average molecular weight is 346 g/mol. The molecule has 0 spiro atoms. The Bertz CT molecular complexity index is 303. The van der Waals surface area contributed by atoms with Gasteiger partial charge in [-0.3, -0.25) is 0 Å². The summed E-state index contributed by atoms with van der Waals surface area (Å²) in [6, 6.07) is -0.389. The highest BCUT2D eigenvalue weighted by molar-refractivity contribution is 4.97. The van der Waals surface area contributed by atoms with Crippen molar-refractivity contribution in [1.82, 2.24) is 0 Å². The smallest absolute Gasteiger partial charge is 0.102 e. The zero-order valence-corrected chi connectivity index (χ0v) is 15.9. The van der Waals surface area contributed by atoms with Crippen LogP contribution in [0.15, 0.2) is 0 Å². The molecule has 0 aromatic heterocycles. The molecule has 0 aliphatic heterocycles. The summed E-state index contributed by atoms with van der Waals surface area (Å²) in [5.41, 5.74) is 6.24. The van der Waals surface area contributed by atoms with Crippen molar-refractivity contribution >= 4 is 0 Å². The van der Waals surface area contributed by atoms with Crippen molar-refractivity contribution in [3.05, 3.63) is 0 Å². The van der Waals surface area contributed by atoms with Gasteiger partial charge in [0.25, 0.3) is 0 Å². The van der Waals surface area contributed by atoms with E-state index in [1.807, 2.05) is 0 Å². The molecule has 1 fully saturated rings. The fraction of sp³-hybridized carbons (Fsp3) is 1.00. The lowest BCUT2D eigenvalue weighted by Gasteiger charge is -2.43. The van der Waals surface area contributed by atoms with Crippen LogP contribution in [0.3, 0.4) is 0 Å². The van der Waals surface area contributed by atoms with Crippen molar-refractivity contribution < 1.29 is 19.3 Å². The second kappa shape index (κ2) is 13.1. The molecule has 0 unspecified atom stereocenters. The Labute approximate surface area is 148 Å². The van der Waals surface area contributed by atoms with Gasteiger partial charge in [0.1, 0.15) is 6.10 Å². The van der Waals surface area contributed by atoms with E-state index < -0.39 is 6.10 Å². The lowest BCUT2D eigenvalue weighted by Crippen LogP contribution is -2.60. The largest absolute Gasteiger partial charge is 0.391 e. The molecule has 0 amide bonds. The number of hydrogen-bond acceptors (Lipinski definition) is 5. The lowest BCUT2D eigenvalue weighted by atomic mass is 9.79. The molecule has 1 aliphatic carbocycles. The van der Waals surface area contributed by atoms with Gasteiger partial charge < -0.3 is 25.1 Å². The van der Waals surface area contributed by atoms with Crippen molar-refractivity contribution in [3.63, 3.8) is 0 Å². The van der Waals surface area contributed by atoms with E-state index in [1.165, 1.54) is 0 Å². The Hall–Kier alpha value is -0.200. The molecule has 5 nitrogen and oxygen atoms in total. The first-order valence-corrected chi connectivity index (χ1v) is 9.90. The SMILES string of the molecule is CCCCOC[C@H]1C[C@H](O)[C@H](N)[C@@H](OCCCC)[C@@H]1OCCCC. The highest BCUT2D eigenvalue weighted by Gasteiger charge is 2.44. The maximum absolute atomic E-state index is 10.4. The van der Waals surface area contributed by atoms with Crippen molar-refractivity contribution in [1.29, 1.82) is 0 Å². The van der Waals surface area contributed by atoms with E-state index >= 15 is 0 Å². The van der Waals surface area contributed by atoms with Crippen LogP contribution >= 0.6 is 0 Å². The molecule has 0 bridgehead atoms. The van der Waals surface area contributed by atoms with Crippen LogP contribution in [0.25, 0.3) is 0 Å². The van der Waals surface area contributed by atoms with Gasteiger partial charge in [-0.25, -0.2) is 0 Å². The Morgan fingerprint density at radius 3 is 2.00 bits per heavy atom. The minimum absolute atomic E-state index is 0.0894. The van der Waals surface area contributed by atoms with Gasteiger partial charge in [-0.15, -0.1) is 0 Å². The number of rotatable bonds is 13.